The van der Waals surface area contributed by atoms with Crippen molar-refractivity contribution >= 4 is 11.5 Å². The van der Waals surface area contributed by atoms with Gasteiger partial charge in [-0.2, -0.15) is 0 Å². The van der Waals surface area contributed by atoms with Crippen molar-refractivity contribution in [3.05, 3.63) is 40.8 Å². The summed E-state index contributed by atoms with van der Waals surface area (Å²) in [6.07, 6.45) is 1.75. The predicted molar refractivity (Wildman–Crippen MR) is 69.0 cm³/mol. The van der Waals surface area contributed by atoms with Gasteiger partial charge in [0.1, 0.15) is 11.5 Å². The molecule has 0 radical (unpaired) electrons. The second-order valence-corrected chi connectivity index (χ2v) is 4.52. The lowest BCUT2D eigenvalue weighted by molar-refractivity contribution is -0.0758. The molecule has 0 saturated carbocycles. The Labute approximate surface area is 109 Å². The predicted octanol–water partition coefficient (Wildman–Crippen LogP) is 1.58. The Balaban J connectivity index is 1.91. The number of anilines is 1. The van der Waals surface area contributed by atoms with Crippen LogP contribution in [0.3, 0.4) is 0 Å². The lowest BCUT2D eigenvalue weighted by Gasteiger charge is -2.27. The van der Waals surface area contributed by atoms with E-state index in [1.54, 1.807) is 24.4 Å². The van der Waals surface area contributed by atoms with Crippen molar-refractivity contribution in [2.24, 2.45) is 0 Å². The molecule has 2 aromatic heterocycles. The number of ether oxygens (including phenoxy) is 1. The van der Waals surface area contributed by atoms with Crippen LogP contribution in [0.15, 0.2) is 35.3 Å². The molecule has 19 heavy (non-hydrogen) atoms. The zero-order valence-electron chi connectivity index (χ0n) is 10.3. The number of alkyl halides is 1. The SMILES string of the molecule is O=c1cc(NC2CCCOC2F)nc2ccccn12. The number of rotatable bonds is 2. The molecule has 3 heterocycles. The Morgan fingerprint density at radius 1 is 1.47 bits per heavy atom. The van der Waals surface area contributed by atoms with Crippen molar-refractivity contribution in [3.63, 3.8) is 0 Å². The van der Waals surface area contributed by atoms with Crippen LogP contribution in [0.4, 0.5) is 10.2 Å². The van der Waals surface area contributed by atoms with Crippen molar-refractivity contribution in [1.82, 2.24) is 9.38 Å². The maximum Gasteiger partial charge on any atom is 0.259 e. The molecule has 100 valence electrons. The topological polar surface area (TPSA) is 55.6 Å². The van der Waals surface area contributed by atoms with Gasteiger partial charge in [0.25, 0.3) is 5.56 Å². The second kappa shape index (κ2) is 4.97. The summed E-state index contributed by atoms with van der Waals surface area (Å²) in [5, 5.41) is 2.94. The zero-order valence-corrected chi connectivity index (χ0v) is 10.3. The Kier molecular flexibility index (Phi) is 3.16. The molecule has 0 amide bonds. The summed E-state index contributed by atoms with van der Waals surface area (Å²) in [5.74, 6) is 0.384. The quantitative estimate of drug-likeness (QED) is 0.893. The molecule has 2 unspecified atom stereocenters. The van der Waals surface area contributed by atoms with Gasteiger partial charge in [-0.25, -0.2) is 9.37 Å². The van der Waals surface area contributed by atoms with Crippen molar-refractivity contribution < 1.29 is 9.13 Å². The third-order valence-corrected chi connectivity index (χ3v) is 3.16. The van der Waals surface area contributed by atoms with E-state index in [0.29, 0.717) is 24.5 Å². The van der Waals surface area contributed by atoms with Crippen LogP contribution in [-0.4, -0.2) is 28.4 Å². The van der Waals surface area contributed by atoms with Gasteiger partial charge in [-0.15, -0.1) is 0 Å². The van der Waals surface area contributed by atoms with Crippen LogP contribution in [-0.2, 0) is 4.74 Å². The molecule has 2 atom stereocenters. The fraction of sp³-hybridized carbons (Fsp3) is 0.385. The van der Waals surface area contributed by atoms with Crippen LogP contribution in [0.1, 0.15) is 12.8 Å². The number of fused-ring (bicyclic) bond motifs is 1. The summed E-state index contributed by atoms with van der Waals surface area (Å²) < 4.78 is 19.9. The first-order chi connectivity index (χ1) is 9.24. The third-order valence-electron chi connectivity index (χ3n) is 3.16. The first kappa shape index (κ1) is 12.1. The maximum atomic E-state index is 13.6. The van der Waals surface area contributed by atoms with E-state index in [-0.39, 0.29) is 5.56 Å². The standard InChI is InChI=1S/C13H14FN3O2/c14-13-9(4-3-7-19-13)15-10-8-12(18)17-6-2-1-5-11(17)16-10/h1-2,5-6,8-9,13,15H,3-4,7H2. The van der Waals surface area contributed by atoms with E-state index in [1.165, 1.54) is 10.5 Å². The van der Waals surface area contributed by atoms with Gasteiger partial charge in [-0.3, -0.25) is 9.20 Å². The molecule has 1 N–H and O–H groups in total. The molecule has 5 nitrogen and oxygen atoms in total. The Morgan fingerprint density at radius 2 is 2.37 bits per heavy atom. The molecule has 0 aromatic carbocycles. The van der Waals surface area contributed by atoms with Crippen molar-refractivity contribution in [2.45, 2.75) is 25.2 Å². The highest BCUT2D eigenvalue weighted by Crippen LogP contribution is 2.18. The number of nitrogens with zero attached hydrogens (tertiary/aromatic N) is 2. The van der Waals surface area contributed by atoms with E-state index in [2.05, 4.69) is 10.3 Å². The molecule has 2 aromatic rings. The summed E-state index contributed by atoms with van der Waals surface area (Å²) in [7, 11) is 0. The molecule has 1 aliphatic rings. The van der Waals surface area contributed by atoms with Gasteiger partial charge in [0.15, 0.2) is 0 Å². The molecule has 1 saturated heterocycles. The lowest BCUT2D eigenvalue weighted by atomic mass is 10.1. The number of hydrogen-bond donors (Lipinski definition) is 1. The van der Waals surface area contributed by atoms with Crippen molar-refractivity contribution in [2.75, 3.05) is 11.9 Å². The van der Waals surface area contributed by atoms with Crippen molar-refractivity contribution in [3.8, 4) is 0 Å². The Hall–Kier alpha value is -1.95. The van der Waals surface area contributed by atoms with E-state index in [4.69, 9.17) is 4.74 Å². The third kappa shape index (κ3) is 2.44. The molecular weight excluding hydrogens is 249 g/mol. The molecule has 0 spiro atoms. The molecule has 0 aliphatic carbocycles. The average molecular weight is 263 g/mol. The molecule has 1 aliphatic heterocycles. The van der Waals surface area contributed by atoms with Gasteiger partial charge in [-0.05, 0) is 25.0 Å². The molecular formula is C13H14FN3O2. The second-order valence-electron chi connectivity index (χ2n) is 4.52. The molecule has 6 heteroatoms. The highest BCUT2D eigenvalue weighted by Gasteiger charge is 2.25. The minimum absolute atomic E-state index is 0.194. The molecule has 0 bridgehead atoms. The highest BCUT2D eigenvalue weighted by atomic mass is 19.1. The summed E-state index contributed by atoms with van der Waals surface area (Å²) in [6.45, 7) is 0.438. The van der Waals surface area contributed by atoms with Gasteiger partial charge in [-0.1, -0.05) is 6.07 Å². The van der Waals surface area contributed by atoms with Gasteiger partial charge in [0.05, 0.1) is 12.6 Å². The smallest absolute Gasteiger partial charge is 0.259 e. The van der Waals surface area contributed by atoms with Crippen LogP contribution in [0.25, 0.3) is 5.65 Å². The van der Waals surface area contributed by atoms with Crippen LogP contribution in [0, 0.1) is 0 Å². The van der Waals surface area contributed by atoms with Crippen LogP contribution >= 0.6 is 0 Å². The normalized spacial score (nSPS) is 23.4. The maximum absolute atomic E-state index is 13.6. The minimum atomic E-state index is -1.36. The number of hydrogen-bond acceptors (Lipinski definition) is 4. The number of aromatic nitrogens is 2. The first-order valence-electron chi connectivity index (χ1n) is 6.25. The van der Waals surface area contributed by atoms with Crippen molar-refractivity contribution in [1.29, 1.82) is 0 Å². The molecule has 1 fully saturated rings. The van der Waals surface area contributed by atoms with Gasteiger partial charge in [0.2, 0.25) is 6.36 Å². The Morgan fingerprint density at radius 3 is 3.21 bits per heavy atom. The van der Waals surface area contributed by atoms with E-state index in [9.17, 15) is 9.18 Å². The fourth-order valence-electron chi connectivity index (χ4n) is 2.20. The van der Waals surface area contributed by atoms with Crippen LogP contribution in [0.2, 0.25) is 0 Å². The molecule has 3 rings (SSSR count). The van der Waals surface area contributed by atoms with Crippen LogP contribution in [0.5, 0.6) is 0 Å². The summed E-state index contributed by atoms with van der Waals surface area (Å²) >= 11 is 0. The van der Waals surface area contributed by atoms with E-state index < -0.39 is 12.4 Å². The first-order valence-corrected chi connectivity index (χ1v) is 6.25. The van der Waals surface area contributed by atoms with E-state index >= 15 is 0 Å². The average Bonchev–Trinajstić information content (AvgIpc) is 2.42. The minimum Gasteiger partial charge on any atom is -0.362 e. The number of halogens is 1. The van der Waals surface area contributed by atoms with Gasteiger partial charge in [0, 0.05) is 12.3 Å². The Bertz CT molecular complexity index is 643. The summed E-state index contributed by atoms with van der Waals surface area (Å²) in [6, 6.07) is 6.21. The lowest BCUT2D eigenvalue weighted by Crippen LogP contribution is -2.37. The van der Waals surface area contributed by atoms with Gasteiger partial charge >= 0.3 is 0 Å². The highest BCUT2D eigenvalue weighted by molar-refractivity contribution is 5.46. The number of nitrogens with one attached hydrogen (secondary N) is 1. The van der Waals surface area contributed by atoms with Crippen LogP contribution < -0.4 is 10.9 Å². The summed E-state index contributed by atoms with van der Waals surface area (Å²) in [5.41, 5.74) is 0.338. The zero-order chi connectivity index (χ0) is 13.2. The van der Waals surface area contributed by atoms with Gasteiger partial charge < -0.3 is 10.1 Å². The van der Waals surface area contributed by atoms with E-state index in [1.807, 2.05) is 0 Å². The summed E-state index contributed by atoms with van der Waals surface area (Å²) in [4.78, 5) is 16.2. The largest absolute Gasteiger partial charge is 0.362 e. The number of pyridine rings is 1. The monoisotopic (exact) mass is 263 g/mol. The van der Waals surface area contributed by atoms with E-state index in [0.717, 1.165) is 6.42 Å². The fourth-order valence-corrected chi connectivity index (χ4v) is 2.20.